The number of nitrogens with two attached hydrogens (primary N) is 1. The lowest BCUT2D eigenvalue weighted by Crippen LogP contribution is -1.96. The first-order valence-electron chi connectivity index (χ1n) is 4.73. The first-order chi connectivity index (χ1) is 7.66. The van der Waals surface area contributed by atoms with Crippen molar-refractivity contribution in [3.05, 3.63) is 52.5 Å². The molecule has 0 aliphatic rings. The molecule has 0 fully saturated rings. The molecule has 0 bridgehead atoms. The van der Waals surface area contributed by atoms with Gasteiger partial charge in [0.2, 0.25) is 0 Å². The lowest BCUT2D eigenvalue weighted by Gasteiger charge is -2.10. The summed E-state index contributed by atoms with van der Waals surface area (Å²) < 4.78 is 0. The number of hydrogen-bond donors (Lipinski definition) is 2. The summed E-state index contributed by atoms with van der Waals surface area (Å²) >= 11 is 11.8. The summed E-state index contributed by atoms with van der Waals surface area (Å²) in [7, 11) is 0. The van der Waals surface area contributed by atoms with Gasteiger partial charge in [-0.2, -0.15) is 0 Å². The van der Waals surface area contributed by atoms with Gasteiger partial charge in [-0.15, -0.1) is 0 Å². The average Bonchev–Trinajstić information content (AvgIpc) is 2.25. The average molecular weight is 253 g/mol. The van der Waals surface area contributed by atoms with E-state index in [9.17, 15) is 0 Å². The molecule has 4 heteroatoms. The second-order valence-corrected chi connectivity index (χ2v) is 4.18. The first-order valence-corrected chi connectivity index (χ1v) is 5.49. The zero-order valence-electron chi connectivity index (χ0n) is 8.37. The third-order valence-electron chi connectivity index (χ3n) is 2.16. The van der Waals surface area contributed by atoms with Crippen molar-refractivity contribution in [2.75, 3.05) is 11.1 Å². The highest BCUT2D eigenvalue weighted by Gasteiger charge is 2.02. The van der Waals surface area contributed by atoms with E-state index in [1.165, 1.54) is 0 Å². The molecule has 3 N–H and O–H groups in total. The van der Waals surface area contributed by atoms with Crippen molar-refractivity contribution in [3.63, 3.8) is 0 Å². The van der Waals surface area contributed by atoms with Gasteiger partial charge in [-0.3, -0.25) is 0 Å². The molecule has 0 atom stereocenters. The number of rotatable bonds is 2. The van der Waals surface area contributed by atoms with Gasteiger partial charge in [0.15, 0.2) is 0 Å². The zero-order chi connectivity index (χ0) is 11.5. The van der Waals surface area contributed by atoms with Crippen molar-refractivity contribution in [2.45, 2.75) is 0 Å². The Kier molecular flexibility index (Phi) is 3.22. The minimum atomic E-state index is 0.590. The molecule has 2 rings (SSSR count). The molecule has 0 unspecified atom stereocenters. The van der Waals surface area contributed by atoms with Crippen molar-refractivity contribution in [1.82, 2.24) is 0 Å². The summed E-state index contributed by atoms with van der Waals surface area (Å²) in [5.41, 5.74) is 8.03. The predicted molar refractivity (Wildman–Crippen MR) is 70.6 cm³/mol. The summed E-state index contributed by atoms with van der Waals surface area (Å²) in [6.45, 7) is 0. The number of halogens is 2. The highest BCUT2D eigenvalue weighted by Crippen LogP contribution is 2.29. The molecule has 2 aromatic rings. The summed E-state index contributed by atoms with van der Waals surface area (Å²) in [4.78, 5) is 0. The normalized spacial score (nSPS) is 10.1. The minimum absolute atomic E-state index is 0.590. The van der Waals surface area contributed by atoms with E-state index >= 15 is 0 Å². The number of nitrogens with one attached hydrogen (secondary N) is 1. The van der Waals surface area contributed by atoms with E-state index < -0.39 is 0 Å². The van der Waals surface area contributed by atoms with Crippen LogP contribution in [0.1, 0.15) is 0 Å². The Morgan fingerprint density at radius 1 is 0.938 bits per heavy atom. The van der Waals surface area contributed by atoms with Crippen LogP contribution in [0.5, 0.6) is 0 Å². The zero-order valence-corrected chi connectivity index (χ0v) is 9.89. The second kappa shape index (κ2) is 4.64. The van der Waals surface area contributed by atoms with Gasteiger partial charge in [-0.05, 0) is 30.3 Å². The Hall–Kier alpha value is -1.38. The van der Waals surface area contributed by atoms with E-state index in [0.29, 0.717) is 15.7 Å². The number of anilines is 3. The molecule has 0 amide bonds. The van der Waals surface area contributed by atoms with Gasteiger partial charge in [-0.1, -0.05) is 35.3 Å². The Balaban J connectivity index is 2.31. The Labute approximate surface area is 104 Å². The van der Waals surface area contributed by atoms with Crippen molar-refractivity contribution >= 4 is 40.3 Å². The number of nitrogen functional groups attached to an aromatic ring is 1. The lowest BCUT2D eigenvalue weighted by atomic mass is 10.2. The molecule has 0 heterocycles. The summed E-state index contributed by atoms with van der Waals surface area (Å²) in [6.07, 6.45) is 0. The fourth-order valence-corrected chi connectivity index (χ4v) is 1.72. The van der Waals surface area contributed by atoms with Gasteiger partial charge in [-0.25, -0.2) is 0 Å². The van der Waals surface area contributed by atoms with Crippen molar-refractivity contribution in [3.8, 4) is 0 Å². The molecular formula is C12H10Cl2N2. The van der Waals surface area contributed by atoms with Crippen molar-refractivity contribution in [2.24, 2.45) is 0 Å². The largest absolute Gasteiger partial charge is 0.397 e. The van der Waals surface area contributed by atoms with E-state index in [1.54, 1.807) is 12.1 Å². The smallest absolute Gasteiger partial charge is 0.0640 e. The van der Waals surface area contributed by atoms with Crippen LogP contribution in [0.4, 0.5) is 17.1 Å². The monoisotopic (exact) mass is 252 g/mol. The number of benzene rings is 2. The fraction of sp³-hybridized carbons (Fsp3) is 0. The molecule has 0 aliphatic carbocycles. The molecule has 0 saturated heterocycles. The minimum Gasteiger partial charge on any atom is -0.397 e. The highest BCUT2D eigenvalue weighted by atomic mass is 35.5. The van der Waals surface area contributed by atoms with Crippen LogP contribution in [0.15, 0.2) is 42.5 Å². The van der Waals surface area contributed by atoms with Crippen LogP contribution >= 0.6 is 23.2 Å². The van der Waals surface area contributed by atoms with Crippen LogP contribution in [0.25, 0.3) is 0 Å². The lowest BCUT2D eigenvalue weighted by molar-refractivity contribution is 1.54. The van der Waals surface area contributed by atoms with E-state index in [-0.39, 0.29) is 0 Å². The van der Waals surface area contributed by atoms with Crippen LogP contribution in [0.2, 0.25) is 10.0 Å². The van der Waals surface area contributed by atoms with Gasteiger partial charge >= 0.3 is 0 Å². The molecule has 0 aromatic heterocycles. The molecule has 2 nitrogen and oxygen atoms in total. The van der Waals surface area contributed by atoms with Gasteiger partial charge in [0.05, 0.1) is 22.1 Å². The summed E-state index contributed by atoms with van der Waals surface area (Å²) in [5, 5.41) is 4.42. The van der Waals surface area contributed by atoms with E-state index in [2.05, 4.69) is 5.32 Å². The number of hydrogen-bond acceptors (Lipinski definition) is 2. The van der Waals surface area contributed by atoms with Crippen LogP contribution in [0.3, 0.4) is 0 Å². The topological polar surface area (TPSA) is 38.0 Å². The fourth-order valence-electron chi connectivity index (χ4n) is 1.36. The van der Waals surface area contributed by atoms with Crippen LogP contribution in [-0.4, -0.2) is 0 Å². The molecule has 16 heavy (non-hydrogen) atoms. The van der Waals surface area contributed by atoms with Gasteiger partial charge in [0.25, 0.3) is 0 Å². The third kappa shape index (κ3) is 2.40. The molecule has 0 radical (unpaired) electrons. The maximum absolute atomic E-state index is 6.03. The molecule has 2 aromatic carbocycles. The third-order valence-corrected chi connectivity index (χ3v) is 2.72. The van der Waals surface area contributed by atoms with Crippen molar-refractivity contribution in [1.29, 1.82) is 0 Å². The quantitative estimate of drug-likeness (QED) is 0.782. The van der Waals surface area contributed by atoms with E-state index in [1.807, 2.05) is 30.3 Å². The Morgan fingerprint density at radius 2 is 1.69 bits per heavy atom. The molecular weight excluding hydrogens is 243 g/mol. The SMILES string of the molecule is Nc1cc(Cl)ccc1Nc1ccccc1Cl. The maximum atomic E-state index is 6.03. The second-order valence-electron chi connectivity index (χ2n) is 3.34. The van der Waals surface area contributed by atoms with E-state index in [0.717, 1.165) is 11.4 Å². The van der Waals surface area contributed by atoms with Crippen LogP contribution in [-0.2, 0) is 0 Å². The standard InChI is InChI=1S/C12H10Cl2N2/c13-8-5-6-12(10(15)7-8)16-11-4-2-1-3-9(11)14/h1-7,16H,15H2. The summed E-state index contributed by atoms with van der Waals surface area (Å²) in [5.74, 6) is 0. The predicted octanol–water partition coefficient (Wildman–Crippen LogP) is 4.32. The molecule has 0 aliphatic heterocycles. The van der Waals surface area contributed by atoms with Gasteiger partial charge < -0.3 is 11.1 Å². The first kappa shape index (κ1) is 11.1. The highest BCUT2D eigenvalue weighted by molar-refractivity contribution is 6.33. The Bertz CT molecular complexity index is 512. The Morgan fingerprint density at radius 3 is 2.38 bits per heavy atom. The summed E-state index contributed by atoms with van der Waals surface area (Å²) in [6, 6.07) is 12.8. The van der Waals surface area contributed by atoms with Gasteiger partial charge in [0, 0.05) is 5.02 Å². The van der Waals surface area contributed by atoms with Crippen LogP contribution in [0, 0.1) is 0 Å². The molecule has 0 spiro atoms. The van der Waals surface area contributed by atoms with E-state index in [4.69, 9.17) is 28.9 Å². The van der Waals surface area contributed by atoms with Gasteiger partial charge in [0.1, 0.15) is 0 Å². The maximum Gasteiger partial charge on any atom is 0.0640 e. The number of para-hydroxylation sites is 1. The van der Waals surface area contributed by atoms with Crippen LogP contribution < -0.4 is 11.1 Å². The molecule has 82 valence electrons. The van der Waals surface area contributed by atoms with Crippen molar-refractivity contribution < 1.29 is 0 Å². The molecule has 0 saturated carbocycles.